The van der Waals surface area contributed by atoms with Crippen molar-refractivity contribution in [1.82, 2.24) is 0 Å². The van der Waals surface area contributed by atoms with Gasteiger partial charge in [-0.15, -0.1) is 0 Å². The number of ether oxygens (including phenoxy) is 1. The minimum atomic E-state index is -0.170. The van der Waals surface area contributed by atoms with Crippen molar-refractivity contribution in [3.05, 3.63) is 57.0 Å². The third kappa shape index (κ3) is 4.29. The van der Waals surface area contributed by atoms with Crippen LogP contribution in [0.2, 0.25) is 15.1 Å². The minimum absolute atomic E-state index is 0.170. The molecule has 0 atom stereocenters. The summed E-state index contributed by atoms with van der Waals surface area (Å²) in [7, 11) is 1.53. The summed E-state index contributed by atoms with van der Waals surface area (Å²) in [6.45, 7) is 0. The molecule has 2 aromatic carbocycles. The van der Waals surface area contributed by atoms with Crippen molar-refractivity contribution < 1.29 is 9.53 Å². The lowest BCUT2D eigenvalue weighted by Crippen LogP contribution is -2.13. The molecule has 6 heteroatoms. The number of methoxy groups -OCH3 is 1. The first-order valence-electron chi connectivity index (χ1n) is 6.57. The molecule has 0 heterocycles. The van der Waals surface area contributed by atoms with Gasteiger partial charge in [0.1, 0.15) is 5.75 Å². The number of carbonyl (C=O) groups is 1. The molecule has 0 fully saturated rings. The fourth-order valence-electron chi connectivity index (χ4n) is 2.00. The fourth-order valence-corrected chi connectivity index (χ4v) is 2.76. The molecule has 0 unspecified atom stereocenters. The van der Waals surface area contributed by atoms with Crippen LogP contribution in [0.1, 0.15) is 12.0 Å². The Morgan fingerprint density at radius 2 is 1.82 bits per heavy atom. The number of amides is 1. The van der Waals surface area contributed by atoms with E-state index in [0.29, 0.717) is 32.9 Å². The second kappa shape index (κ2) is 7.73. The Labute approximate surface area is 144 Å². The zero-order valence-corrected chi connectivity index (χ0v) is 14.1. The molecule has 0 saturated carbocycles. The standard InChI is InChI=1S/C16H14Cl3NO2/c1-22-15-7-5-10(17)9-14(15)20-16(21)8-6-11-12(18)3-2-4-13(11)19/h2-5,7,9H,6,8H2,1H3,(H,20,21). The highest BCUT2D eigenvalue weighted by Gasteiger charge is 2.11. The summed E-state index contributed by atoms with van der Waals surface area (Å²) < 4.78 is 5.19. The molecule has 0 aliphatic heterocycles. The van der Waals surface area contributed by atoms with Crippen LogP contribution < -0.4 is 10.1 Å². The number of carbonyl (C=O) groups excluding carboxylic acids is 1. The van der Waals surface area contributed by atoms with Gasteiger partial charge >= 0.3 is 0 Å². The molecule has 2 aromatic rings. The Balaban J connectivity index is 2.03. The van der Waals surface area contributed by atoms with Crippen LogP contribution in [0.5, 0.6) is 5.75 Å². The van der Waals surface area contributed by atoms with Gasteiger partial charge in [-0.25, -0.2) is 0 Å². The van der Waals surface area contributed by atoms with Gasteiger partial charge in [-0.2, -0.15) is 0 Å². The van der Waals surface area contributed by atoms with Gasteiger partial charge < -0.3 is 10.1 Å². The molecule has 0 aromatic heterocycles. The Hall–Kier alpha value is -1.42. The average Bonchev–Trinajstić information content (AvgIpc) is 2.47. The first-order valence-corrected chi connectivity index (χ1v) is 7.71. The zero-order chi connectivity index (χ0) is 16.1. The lowest BCUT2D eigenvalue weighted by Gasteiger charge is -2.11. The summed E-state index contributed by atoms with van der Waals surface area (Å²) in [4.78, 5) is 12.1. The van der Waals surface area contributed by atoms with Crippen LogP contribution in [0, 0.1) is 0 Å². The highest BCUT2D eigenvalue weighted by Crippen LogP contribution is 2.29. The number of nitrogens with one attached hydrogen (secondary N) is 1. The SMILES string of the molecule is COc1ccc(Cl)cc1NC(=O)CCc1c(Cl)cccc1Cl. The summed E-state index contributed by atoms with van der Waals surface area (Å²) in [5.41, 5.74) is 1.30. The molecular formula is C16H14Cl3NO2. The zero-order valence-electron chi connectivity index (χ0n) is 11.8. The molecule has 2 rings (SSSR count). The lowest BCUT2D eigenvalue weighted by atomic mass is 10.1. The molecule has 0 saturated heterocycles. The van der Waals surface area contributed by atoms with Crippen LogP contribution in [0.25, 0.3) is 0 Å². The second-order valence-electron chi connectivity index (χ2n) is 4.59. The Morgan fingerprint density at radius 1 is 1.14 bits per heavy atom. The quantitative estimate of drug-likeness (QED) is 0.795. The van der Waals surface area contributed by atoms with Gasteiger partial charge in [-0.1, -0.05) is 40.9 Å². The number of anilines is 1. The average molecular weight is 359 g/mol. The predicted octanol–water partition coefficient (Wildman–Crippen LogP) is 5.23. The van der Waals surface area contributed by atoms with Crippen molar-refractivity contribution in [2.24, 2.45) is 0 Å². The van der Waals surface area contributed by atoms with E-state index in [1.54, 1.807) is 36.4 Å². The third-order valence-corrected chi connectivity index (χ3v) is 4.04. The van der Waals surface area contributed by atoms with E-state index >= 15 is 0 Å². The summed E-state index contributed by atoms with van der Waals surface area (Å²) in [5, 5.41) is 4.41. The monoisotopic (exact) mass is 357 g/mol. The molecule has 0 radical (unpaired) electrons. The third-order valence-electron chi connectivity index (χ3n) is 3.10. The molecule has 1 amide bonds. The van der Waals surface area contributed by atoms with Gasteiger partial charge in [0.2, 0.25) is 5.91 Å². The highest BCUT2D eigenvalue weighted by atomic mass is 35.5. The van der Waals surface area contributed by atoms with Gasteiger partial charge in [0.15, 0.2) is 0 Å². The maximum Gasteiger partial charge on any atom is 0.224 e. The Bertz CT molecular complexity index is 669. The number of hydrogen-bond donors (Lipinski definition) is 1. The van der Waals surface area contributed by atoms with Crippen molar-refractivity contribution in [3.63, 3.8) is 0 Å². The van der Waals surface area contributed by atoms with Crippen molar-refractivity contribution >= 4 is 46.4 Å². The first-order chi connectivity index (χ1) is 10.5. The van der Waals surface area contributed by atoms with E-state index in [-0.39, 0.29) is 12.3 Å². The fraction of sp³-hybridized carbons (Fsp3) is 0.188. The van der Waals surface area contributed by atoms with Crippen molar-refractivity contribution in [1.29, 1.82) is 0 Å². The molecule has 22 heavy (non-hydrogen) atoms. The largest absolute Gasteiger partial charge is 0.495 e. The summed E-state index contributed by atoms with van der Waals surface area (Å²) in [6, 6.07) is 10.3. The van der Waals surface area contributed by atoms with Gasteiger partial charge in [-0.3, -0.25) is 4.79 Å². The number of halogens is 3. The van der Waals surface area contributed by atoms with E-state index in [2.05, 4.69) is 5.32 Å². The first kappa shape index (κ1) is 16.9. The van der Waals surface area contributed by atoms with Crippen LogP contribution in [0.3, 0.4) is 0 Å². The molecule has 1 N–H and O–H groups in total. The van der Waals surface area contributed by atoms with Gasteiger partial charge in [0.05, 0.1) is 12.8 Å². The highest BCUT2D eigenvalue weighted by molar-refractivity contribution is 6.36. The van der Waals surface area contributed by atoms with Gasteiger partial charge in [0.25, 0.3) is 0 Å². The minimum Gasteiger partial charge on any atom is -0.495 e. The number of hydrogen-bond acceptors (Lipinski definition) is 2. The maximum absolute atomic E-state index is 12.1. The van der Waals surface area contributed by atoms with Crippen LogP contribution in [-0.2, 0) is 11.2 Å². The molecule has 0 bridgehead atoms. The maximum atomic E-state index is 12.1. The topological polar surface area (TPSA) is 38.3 Å². The summed E-state index contributed by atoms with van der Waals surface area (Å²) in [5.74, 6) is 0.380. The van der Waals surface area contributed by atoms with E-state index in [1.165, 1.54) is 7.11 Å². The molecular weight excluding hydrogens is 345 g/mol. The van der Waals surface area contributed by atoms with Crippen LogP contribution in [0.4, 0.5) is 5.69 Å². The second-order valence-corrected chi connectivity index (χ2v) is 5.84. The van der Waals surface area contributed by atoms with Crippen molar-refractivity contribution in [2.75, 3.05) is 12.4 Å². The normalized spacial score (nSPS) is 10.4. The predicted molar refractivity (Wildman–Crippen MR) is 91.4 cm³/mol. The van der Waals surface area contributed by atoms with E-state index in [4.69, 9.17) is 39.5 Å². The van der Waals surface area contributed by atoms with Crippen molar-refractivity contribution in [2.45, 2.75) is 12.8 Å². The van der Waals surface area contributed by atoms with Gasteiger partial charge in [0, 0.05) is 21.5 Å². The van der Waals surface area contributed by atoms with E-state index < -0.39 is 0 Å². The lowest BCUT2D eigenvalue weighted by molar-refractivity contribution is -0.116. The smallest absolute Gasteiger partial charge is 0.224 e. The van der Waals surface area contributed by atoms with Crippen molar-refractivity contribution in [3.8, 4) is 5.75 Å². The number of rotatable bonds is 5. The van der Waals surface area contributed by atoms with Gasteiger partial charge in [-0.05, 0) is 42.3 Å². The molecule has 116 valence electrons. The Morgan fingerprint density at radius 3 is 2.45 bits per heavy atom. The molecule has 0 aliphatic carbocycles. The van der Waals surface area contributed by atoms with Crippen LogP contribution in [-0.4, -0.2) is 13.0 Å². The molecule has 0 aliphatic rings. The van der Waals surface area contributed by atoms with E-state index in [0.717, 1.165) is 5.56 Å². The summed E-state index contributed by atoms with van der Waals surface area (Å²) in [6.07, 6.45) is 0.701. The van der Waals surface area contributed by atoms with E-state index in [1.807, 2.05) is 0 Å². The van der Waals surface area contributed by atoms with Crippen LogP contribution >= 0.6 is 34.8 Å². The number of benzene rings is 2. The molecule has 0 spiro atoms. The summed E-state index contributed by atoms with van der Waals surface area (Å²) >= 11 is 18.1. The van der Waals surface area contributed by atoms with E-state index in [9.17, 15) is 4.79 Å². The molecule has 3 nitrogen and oxygen atoms in total. The van der Waals surface area contributed by atoms with Crippen LogP contribution in [0.15, 0.2) is 36.4 Å². The Kier molecular flexibility index (Phi) is 5.95.